The Morgan fingerprint density at radius 2 is 2.19 bits per heavy atom. The summed E-state index contributed by atoms with van der Waals surface area (Å²) in [6.45, 7) is 2.12. The van der Waals surface area contributed by atoms with Gasteiger partial charge in [0.1, 0.15) is 0 Å². The van der Waals surface area contributed by atoms with Gasteiger partial charge in [-0.15, -0.1) is 0 Å². The van der Waals surface area contributed by atoms with E-state index in [1.807, 2.05) is 12.1 Å². The lowest BCUT2D eigenvalue weighted by molar-refractivity contribution is 0.0949. The van der Waals surface area contributed by atoms with Crippen LogP contribution in [-0.2, 0) is 19.3 Å². The van der Waals surface area contributed by atoms with E-state index in [9.17, 15) is 4.79 Å². The molecule has 3 rings (SSSR count). The lowest BCUT2D eigenvalue weighted by atomic mass is 10.1. The van der Waals surface area contributed by atoms with Crippen LogP contribution in [0.2, 0.25) is 0 Å². The SMILES string of the molecule is CCc1ccc(/C=N/NC(=O)c2n[nH]c3c2CCC3)cc1. The highest BCUT2D eigenvalue weighted by Gasteiger charge is 2.22. The molecule has 21 heavy (non-hydrogen) atoms. The second kappa shape index (κ2) is 5.91. The number of hydrazone groups is 1. The maximum absolute atomic E-state index is 12.0. The number of nitrogens with one attached hydrogen (secondary N) is 2. The Morgan fingerprint density at radius 1 is 1.38 bits per heavy atom. The Kier molecular flexibility index (Phi) is 3.81. The molecule has 1 amide bonds. The molecular weight excluding hydrogens is 264 g/mol. The first-order valence-electron chi connectivity index (χ1n) is 7.26. The predicted octanol–water partition coefficient (Wildman–Crippen LogP) is 2.22. The monoisotopic (exact) mass is 282 g/mol. The molecule has 2 aromatic rings. The molecule has 1 aliphatic carbocycles. The summed E-state index contributed by atoms with van der Waals surface area (Å²) in [5.74, 6) is -0.254. The largest absolute Gasteiger partial charge is 0.292 e. The maximum Gasteiger partial charge on any atom is 0.292 e. The molecule has 5 nitrogen and oxygen atoms in total. The van der Waals surface area contributed by atoms with Gasteiger partial charge in [-0.2, -0.15) is 10.2 Å². The van der Waals surface area contributed by atoms with Gasteiger partial charge in [-0.1, -0.05) is 31.2 Å². The molecule has 0 spiro atoms. The van der Waals surface area contributed by atoms with Gasteiger partial charge in [0.15, 0.2) is 5.69 Å². The van der Waals surface area contributed by atoms with Gasteiger partial charge < -0.3 is 0 Å². The quantitative estimate of drug-likeness (QED) is 0.667. The first-order chi connectivity index (χ1) is 10.3. The number of aryl methyl sites for hydroxylation is 2. The van der Waals surface area contributed by atoms with Crippen molar-refractivity contribution < 1.29 is 4.79 Å². The number of aromatic nitrogens is 2. The molecule has 0 atom stereocenters. The number of carbonyl (C=O) groups excluding carboxylic acids is 1. The van der Waals surface area contributed by atoms with Crippen molar-refractivity contribution in [2.45, 2.75) is 32.6 Å². The van der Waals surface area contributed by atoms with E-state index < -0.39 is 0 Å². The van der Waals surface area contributed by atoms with Crippen LogP contribution in [0.25, 0.3) is 0 Å². The molecule has 108 valence electrons. The van der Waals surface area contributed by atoms with Gasteiger partial charge in [-0.25, -0.2) is 5.43 Å². The summed E-state index contributed by atoms with van der Waals surface area (Å²) in [6.07, 6.45) is 5.62. The van der Waals surface area contributed by atoms with Gasteiger partial charge in [0, 0.05) is 11.3 Å². The lowest BCUT2D eigenvalue weighted by Crippen LogP contribution is -2.19. The van der Waals surface area contributed by atoms with Gasteiger partial charge in [0.25, 0.3) is 5.91 Å². The van der Waals surface area contributed by atoms with Crippen LogP contribution in [0.15, 0.2) is 29.4 Å². The number of rotatable bonds is 4. The predicted molar refractivity (Wildman–Crippen MR) is 81.5 cm³/mol. The molecule has 5 heteroatoms. The molecule has 0 unspecified atom stereocenters. The second-order valence-electron chi connectivity index (χ2n) is 5.18. The normalized spacial score (nSPS) is 13.6. The fraction of sp³-hybridized carbons (Fsp3) is 0.312. The zero-order chi connectivity index (χ0) is 14.7. The van der Waals surface area contributed by atoms with E-state index in [-0.39, 0.29) is 5.91 Å². The third-order valence-corrected chi connectivity index (χ3v) is 3.79. The summed E-state index contributed by atoms with van der Waals surface area (Å²) >= 11 is 0. The van der Waals surface area contributed by atoms with Crippen LogP contribution in [0.5, 0.6) is 0 Å². The highest BCUT2D eigenvalue weighted by atomic mass is 16.2. The number of nitrogens with zero attached hydrogens (tertiary/aromatic N) is 2. The molecule has 0 saturated carbocycles. The molecule has 0 aliphatic heterocycles. The van der Waals surface area contributed by atoms with Crippen LogP contribution in [0.3, 0.4) is 0 Å². The van der Waals surface area contributed by atoms with E-state index >= 15 is 0 Å². The second-order valence-corrected chi connectivity index (χ2v) is 5.18. The van der Waals surface area contributed by atoms with Gasteiger partial charge in [-0.05, 0) is 36.8 Å². The number of benzene rings is 1. The van der Waals surface area contributed by atoms with Crippen LogP contribution in [0, 0.1) is 0 Å². The van der Waals surface area contributed by atoms with Crippen molar-refractivity contribution in [1.82, 2.24) is 15.6 Å². The molecule has 0 radical (unpaired) electrons. The molecule has 1 heterocycles. The molecule has 0 saturated heterocycles. The summed E-state index contributed by atoms with van der Waals surface area (Å²) in [5, 5.41) is 11.0. The van der Waals surface area contributed by atoms with Gasteiger partial charge >= 0.3 is 0 Å². The van der Waals surface area contributed by atoms with Crippen molar-refractivity contribution in [3.8, 4) is 0 Å². The number of hydrogen-bond acceptors (Lipinski definition) is 3. The van der Waals surface area contributed by atoms with Crippen molar-refractivity contribution in [2.75, 3.05) is 0 Å². The van der Waals surface area contributed by atoms with Gasteiger partial charge in [0.05, 0.1) is 6.21 Å². The van der Waals surface area contributed by atoms with Crippen molar-refractivity contribution in [2.24, 2.45) is 5.10 Å². The molecule has 1 aliphatic rings. The maximum atomic E-state index is 12.0. The average molecular weight is 282 g/mol. The van der Waals surface area contributed by atoms with Crippen molar-refractivity contribution in [3.63, 3.8) is 0 Å². The highest BCUT2D eigenvalue weighted by Crippen LogP contribution is 2.22. The zero-order valence-corrected chi connectivity index (χ0v) is 12.0. The van der Waals surface area contributed by atoms with Gasteiger partial charge in [-0.3, -0.25) is 9.89 Å². The fourth-order valence-electron chi connectivity index (χ4n) is 2.56. The van der Waals surface area contributed by atoms with E-state index in [0.29, 0.717) is 5.69 Å². The van der Waals surface area contributed by atoms with Crippen molar-refractivity contribution in [3.05, 3.63) is 52.3 Å². The van der Waals surface area contributed by atoms with E-state index in [0.717, 1.165) is 42.5 Å². The minimum Gasteiger partial charge on any atom is -0.281 e. The molecule has 0 fully saturated rings. The molecule has 1 aromatic carbocycles. The number of fused-ring (bicyclic) bond motifs is 1. The number of H-pyrrole nitrogens is 1. The number of aromatic amines is 1. The van der Waals surface area contributed by atoms with Crippen LogP contribution >= 0.6 is 0 Å². The number of amides is 1. The molecule has 2 N–H and O–H groups in total. The smallest absolute Gasteiger partial charge is 0.281 e. The third-order valence-electron chi connectivity index (χ3n) is 3.79. The summed E-state index contributed by atoms with van der Waals surface area (Å²) in [4.78, 5) is 12.0. The molecule has 0 bridgehead atoms. The minimum atomic E-state index is -0.254. The molecular formula is C16H18N4O. The van der Waals surface area contributed by atoms with Gasteiger partial charge in [0.2, 0.25) is 0 Å². The Hall–Kier alpha value is -2.43. The summed E-state index contributed by atoms with van der Waals surface area (Å²) in [7, 11) is 0. The van der Waals surface area contributed by atoms with Crippen LogP contribution in [-0.4, -0.2) is 22.3 Å². The van der Waals surface area contributed by atoms with Crippen LogP contribution in [0.4, 0.5) is 0 Å². The minimum absolute atomic E-state index is 0.254. The number of carbonyl (C=O) groups is 1. The zero-order valence-electron chi connectivity index (χ0n) is 12.0. The van der Waals surface area contributed by atoms with Crippen molar-refractivity contribution >= 4 is 12.1 Å². The van der Waals surface area contributed by atoms with E-state index in [4.69, 9.17) is 0 Å². The molecule has 1 aromatic heterocycles. The fourth-order valence-corrected chi connectivity index (χ4v) is 2.56. The summed E-state index contributed by atoms with van der Waals surface area (Å²) < 4.78 is 0. The Morgan fingerprint density at radius 3 is 2.95 bits per heavy atom. The Balaban J connectivity index is 1.63. The number of hydrogen-bond donors (Lipinski definition) is 2. The first kappa shape index (κ1) is 13.5. The van der Waals surface area contributed by atoms with Crippen LogP contribution in [0.1, 0.15) is 46.2 Å². The van der Waals surface area contributed by atoms with E-state index in [1.165, 1.54) is 5.56 Å². The standard InChI is InChI=1S/C16H18N4O/c1-2-11-6-8-12(9-7-11)10-17-20-16(21)15-13-4-3-5-14(13)18-19-15/h6-10H,2-5H2,1H3,(H,18,19)(H,20,21)/b17-10+. The van der Waals surface area contributed by atoms with E-state index in [2.05, 4.69) is 39.8 Å². The average Bonchev–Trinajstić information content (AvgIpc) is 3.10. The highest BCUT2D eigenvalue weighted by molar-refractivity contribution is 5.94. The summed E-state index contributed by atoms with van der Waals surface area (Å²) in [6, 6.07) is 8.09. The van der Waals surface area contributed by atoms with E-state index in [1.54, 1.807) is 6.21 Å². The summed E-state index contributed by atoms with van der Waals surface area (Å²) in [5.41, 5.74) is 7.37. The Bertz CT molecular complexity index is 670. The van der Waals surface area contributed by atoms with Crippen molar-refractivity contribution in [1.29, 1.82) is 0 Å². The lowest BCUT2D eigenvalue weighted by Gasteiger charge is -1.99. The topological polar surface area (TPSA) is 70.1 Å². The third kappa shape index (κ3) is 2.86. The first-order valence-corrected chi connectivity index (χ1v) is 7.26. The Labute approximate surface area is 123 Å². The van der Waals surface area contributed by atoms with Crippen LogP contribution < -0.4 is 5.43 Å².